The molecule has 2 aromatic heterocycles. The third-order valence-corrected chi connectivity index (χ3v) is 5.60. The second-order valence-corrected chi connectivity index (χ2v) is 8.24. The second-order valence-electron chi connectivity index (χ2n) is 8.24. The number of benzene rings is 2. The van der Waals surface area contributed by atoms with Crippen LogP contribution in [0, 0.1) is 11.6 Å². The maximum Gasteiger partial charge on any atom is 0.165 e. The van der Waals surface area contributed by atoms with Crippen molar-refractivity contribution < 1.29 is 18.7 Å². The van der Waals surface area contributed by atoms with Gasteiger partial charge >= 0.3 is 0 Å². The van der Waals surface area contributed by atoms with E-state index in [0.717, 1.165) is 34.3 Å². The van der Waals surface area contributed by atoms with Crippen molar-refractivity contribution >= 4 is 16.7 Å². The SMILES string of the molecule is CC(C)c1c(C(=O)CCc2ccc(F)c(F)c2)c2ccc(O)cc2n1Cc1cccnc1. The first-order valence-electron chi connectivity index (χ1n) is 10.6. The van der Waals surface area contributed by atoms with E-state index in [1.54, 1.807) is 30.6 Å². The Balaban J connectivity index is 1.76. The number of carbonyl (C=O) groups excluding carboxylic acids is 1. The zero-order valence-corrected chi connectivity index (χ0v) is 18.0. The molecule has 32 heavy (non-hydrogen) atoms. The van der Waals surface area contributed by atoms with E-state index in [-0.39, 0.29) is 23.9 Å². The maximum atomic E-state index is 13.6. The number of aromatic hydroxyl groups is 1. The standard InChI is InChI=1S/C26H24F2N2O2/c1-16(2)26-25(24(32)10-6-17-5-9-21(27)22(28)12-17)20-8-7-19(31)13-23(20)30(26)15-18-4-3-11-29-14-18/h3-5,7-9,11-14,16,31H,6,10,15H2,1-2H3. The van der Waals surface area contributed by atoms with Gasteiger partial charge in [-0.3, -0.25) is 9.78 Å². The number of rotatable bonds is 7. The van der Waals surface area contributed by atoms with Crippen molar-refractivity contribution in [3.05, 3.63) is 94.9 Å². The molecule has 0 aliphatic carbocycles. The number of aromatic nitrogens is 2. The van der Waals surface area contributed by atoms with E-state index in [1.165, 1.54) is 6.07 Å². The van der Waals surface area contributed by atoms with Crippen LogP contribution in [0.2, 0.25) is 0 Å². The molecule has 6 heteroatoms. The summed E-state index contributed by atoms with van der Waals surface area (Å²) in [6, 6.07) is 12.6. The predicted molar refractivity (Wildman–Crippen MR) is 120 cm³/mol. The van der Waals surface area contributed by atoms with Gasteiger partial charge in [-0.15, -0.1) is 0 Å². The van der Waals surface area contributed by atoms with Gasteiger partial charge in [-0.25, -0.2) is 8.78 Å². The summed E-state index contributed by atoms with van der Waals surface area (Å²) in [5, 5.41) is 10.9. The number of Topliss-reactive ketones (excluding diaryl/α,β-unsaturated/α-hetero) is 1. The number of carbonyl (C=O) groups is 1. The average molecular weight is 434 g/mol. The molecule has 0 bridgehead atoms. The molecule has 2 aromatic carbocycles. The van der Waals surface area contributed by atoms with Crippen molar-refractivity contribution in [2.75, 3.05) is 0 Å². The van der Waals surface area contributed by atoms with Gasteiger partial charge in [0.25, 0.3) is 0 Å². The van der Waals surface area contributed by atoms with E-state index >= 15 is 0 Å². The molecule has 0 aliphatic heterocycles. The van der Waals surface area contributed by atoms with Gasteiger partial charge in [0, 0.05) is 48.1 Å². The summed E-state index contributed by atoms with van der Waals surface area (Å²) in [6.45, 7) is 4.57. The molecule has 164 valence electrons. The van der Waals surface area contributed by atoms with Crippen LogP contribution in [0.4, 0.5) is 8.78 Å². The zero-order chi connectivity index (χ0) is 22.8. The summed E-state index contributed by atoms with van der Waals surface area (Å²) < 4.78 is 28.8. The minimum absolute atomic E-state index is 0.0448. The third kappa shape index (κ3) is 4.26. The van der Waals surface area contributed by atoms with Gasteiger partial charge < -0.3 is 9.67 Å². The summed E-state index contributed by atoms with van der Waals surface area (Å²) in [4.78, 5) is 17.6. The van der Waals surface area contributed by atoms with Crippen LogP contribution in [-0.4, -0.2) is 20.4 Å². The van der Waals surface area contributed by atoms with Crippen LogP contribution in [0.15, 0.2) is 60.9 Å². The van der Waals surface area contributed by atoms with Crippen LogP contribution < -0.4 is 0 Å². The zero-order valence-electron chi connectivity index (χ0n) is 18.0. The lowest BCUT2D eigenvalue weighted by atomic mass is 9.96. The van der Waals surface area contributed by atoms with E-state index in [4.69, 9.17) is 0 Å². The topological polar surface area (TPSA) is 55.1 Å². The van der Waals surface area contributed by atoms with Crippen molar-refractivity contribution in [2.24, 2.45) is 0 Å². The number of hydrogen-bond donors (Lipinski definition) is 1. The molecule has 1 N–H and O–H groups in total. The largest absolute Gasteiger partial charge is 0.508 e. The van der Waals surface area contributed by atoms with Crippen molar-refractivity contribution in [3.63, 3.8) is 0 Å². The number of fused-ring (bicyclic) bond motifs is 1. The van der Waals surface area contributed by atoms with Crippen LogP contribution in [0.25, 0.3) is 10.9 Å². The molecule has 4 rings (SSSR count). The highest BCUT2D eigenvalue weighted by Gasteiger charge is 2.24. The molecule has 0 amide bonds. The molecule has 0 unspecified atom stereocenters. The number of halogens is 2. The fourth-order valence-electron chi connectivity index (χ4n) is 4.17. The van der Waals surface area contributed by atoms with E-state index in [9.17, 15) is 18.7 Å². The van der Waals surface area contributed by atoms with Crippen molar-refractivity contribution in [1.29, 1.82) is 0 Å². The van der Waals surface area contributed by atoms with Crippen LogP contribution in [0.3, 0.4) is 0 Å². The predicted octanol–water partition coefficient (Wildman–Crippen LogP) is 6.01. The lowest BCUT2D eigenvalue weighted by Gasteiger charge is -2.15. The highest BCUT2D eigenvalue weighted by atomic mass is 19.2. The van der Waals surface area contributed by atoms with Crippen molar-refractivity contribution in [1.82, 2.24) is 9.55 Å². The summed E-state index contributed by atoms with van der Waals surface area (Å²) in [5.74, 6) is -1.72. The molecule has 0 saturated carbocycles. The lowest BCUT2D eigenvalue weighted by molar-refractivity contribution is 0.0982. The molecule has 4 aromatic rings. The van der Waals surface area contributed by atoms with Gasteiger partial charge in [-0.05, 0) is 53.8 Å². The Morgan fingerprint density at radius 2 is 1.88 bits per heavy atom. The molecule has 0 saturated heterocycles. The van der Waals surface area contributed by atoms with E-state index in [0.29, 0.717) is 24.1 Å². The van der Waals surface area contributed by atoms with Crippen LogP contribution in [0.1, 0.15) is 53.4 Å². The molecule has 0 aliphatic rings. The monoisotopic (exact) mass is 434 g/mol. The number of hydrogen-bond acceptors (Lipinski definition) is 3. The molecular formula is C26H24F2N2O2. The Labute approximate surface area is 185 Å². The smallest absolute Gasteiger partial charge is 0.165 e. The van der Waals surface area contributed by atoms with Crippen molar-refractivity contribution in [2.45, 2.75) is 39.2 Å². The Morgan fingerprint density at radius 1 is 1.06 bits per heavy atom. The molecule has 0 fully saturated rings. The molecule has 2 heterocycles. The maximum absolute atomic E-state index is 13.6. The third-order valence-electron chi connectivity index (χ3n) is 5.60. The summed E-state index contributed by atoms with van der Waals surface area (Å²) >= 11 is 0. The van der Waals surface area contributed by atoms with E-state index in [2.05, 4.69) is 9.55 Å². The fourth-order valence-corrected chi connectivity index (χ4v) is 4.17. The van der Waals surface area contributed by atoms with Gasteiger partial charge in [0.2, 0.25) is 0 Å². The van der Waals surface area contributed by atoms with Crippen molar-refractivity contribution in [3.8, 4) is 5.75 Å². The lowest BCUT2D eigenvalue weighted by Crippen LogP contribution is -2.11. The van der Waals surface area contributed by atoms with Gasteiger partial charge in [0.05, 0.1) is 5.52 Å². The van der Waals surface area contributed by atoms with Gasteiger partial charge in [0.1, 0.15) is 5.75 Å². The van der Waals surface area contributed by atoms with Crippen LogP contribution >= 0.6 is 0 Å². The number of nitrogens with zero attached hydrogens (tertiary/aromatic N) is 2. The number of pyridine rings is 1. The Morgan fingerprint density at radius 3 is 2.56 bits per heavy atom. The first-order valence-corrected chi connectivity index (χ1v) is 10.6. The van der Waals surface area contributed by atoms with Gasteiger partial charge in [-0.2, -0.15) is 0 Å². The average Bonchev–Trinajstić information content (AvgIpc) is 3.08. The second kappa shape index (κ2) is 8.91. The van der Waals surface area contributed by atoms with Crippen LogP contribution in [-0.2, 0) is 13.0 Å². The minimum atomic E-state index is -0.915. The van der Waals surface area contributed by atoms with E-state index < -0.39 is 11.6 Å². The summed E-state index contributed by atoms with van der Waals surface area (Å²) in [5.41, 5.74) is 3.82. The molecule has 4 nitrogen and oxygen atoms in total. The van der Waals surface area contributed by atoms with E-state index in [1.807, 2.05) is 26.0 Å². The highest BCUT2D eigenvalue weighted by molar-refractivity contribution is 6.10. The minimum Gasteiger partial charge on any atom is -0.508 e. The first-order chi connectivity index (χ1) is 15.3. The molecule has 0 spiro atoms. The Kier molecular flexibility index (Phi) is 6.04. The number of phenols is 1. The number of phenolic OH excluding ortho intramolecular Hbond substituents is 1. The van der Waals surface area contributed by atoms with Gasteiger partial charge in [0.15, 0.2) is 17.4 Å². The summed E-state index contributed by atoms with van der Waals surface area (Å²) in [6.07, 6.45) is 3.96. The number of aryl methyl sites for hydroxylation is 1. The van der Waals surface area contributed by atoms with Gasteiger partial charge in [-0.1, -0.05) is 26.0 Å². The quantitative estimate of drug-likeness (QED) is 0.363. The Hall–Kier alpha value is -3.54. The molecule has 0 atom stereocenters. The Bertz CT molecular complexity index is 1280. The highest BCUT2D eigenvalue weighted by Crippen LogP contribution is 2.35. The first kappa shape index (κ1) is 21.7. The molecular weight excluding hydrogens is 410 g/mol. The van der Waals surface area contributed by atoms with Crippen LogP contribution in [0.5, 0.6) is 5.75 Å². The number of ketones is 1. The normalized spacial score (nSPS) is 11.4. The molecule has 0 radical (unpaired) electrons. The fraction of sp³-hybridized carbons (Fsp3) is 0.231. The summed E-state index contributed by atoms with van der Waals surface area (Å²) in [7, 11) is 0.